The van der Waals surface area contributed by atoms with E-state index in [-0.39, 0.29) is 11.9 Å². The lowest BCUT2D eigenvalue weighted by Gasteiger charge is -2.29. The van der Waals surface area contributed by atoms with Crippen molar-refractivity contribution in [3.8, 4) is 11.5 Å². The molecule has 0 unspecified atom stereocenters. The molecule has 1 saturated carbocycles. The molecule has 1 amide bonds. The fourth-order valence-electron chi connectivity index (χ4n) is 2.76. The zero-order valence-corrected chi connectivity index (χ0v) is 12.4. The van der Waals surface area contributed by atoms with Crippen molar-refractivity contribution in [1.29, 1.82) is 0 Å². The summed E-state index contributed by atoms with van der Waals surface area (Å²) < 4.78 is 10.4. The molecule has 2 atom stereocenters. The predicted octanol–water partition coefficient (Wildman–Crippen LogP) is 3.01. The summed E-state index contributed by atoms with van der Waals surface area (Å²) in [6.45, 7) is 2.21. The van der Waals surface area contributed by atoms with Gasteiger partial charge < -0.3 is 14.8 Å². The zero-order chi connectivity index (χ0) is 14.5. The van der Waals surface area contributed by atoms with Gasteiger partial charge in [-0.2, -0.15) is 0 Å². The smallest absolute Gasteiger partial charge is 0.251 e. The maximum Gasteiger partial charge on any atom is 0.251 e. The zero-order valence-electron chi connectivity index (χ0n) is 12.4. The van der Waals surface area contributed by atoms with E-state index >= 15 is 0 Å². The van der Waals surface area contributed by atoms with Crippen LogP contribution in [0.1, 0.15) is 43.0 Å². The van der Waals surface area contributed by atoms with Crippen LogP contribution in [0.4, 0.5) is 0 Å². The van der Waals surface area contributed by atoms with Crippen molar-refractivity contribution in [3.63, 3.8) is 0 Å². The first-order chi connectivity index (χ1) is 9.65. The average Bonchev–Trinajstić information content (AvgIpc) is 2.48. The van der Waals surface area contributed by atoms with Gasteiger partial charge in [0.2, 0.25) is 0 Å². The average molecular weight is 277 g/mol. The van der Waals surface area contributed by atoms with Gasteiger partial charge in [0.1, 0.15) is 0 Å². The maximum atomic E-state index is 12.3. The van der Waals surface area contributed by atoms with Crippen molar-refractivity contribution in [3.05, 3.63) is 23.8 Å². The van der Waals surface area contributed by atoms with Crippen LogP contribution in [0.25, 0.3) is 0 Å². The summed E-state index contributed by atoms with van der Waals surface area (Å²) in [7, 11) is 3.16. The number of carbonyl (C=O) groups excluding carboxylic acids is 1. The predicted molar refractivity (Wildman–Crippen MR) is 78.4 cm³/mol. The fraction of sp³-hybridized carbons (Fsp3) is 0.562. The van der Waals surface area contributed by atoms with Crippen LogP contribution in [0.15, 0.2) is 18.2 Å². The summed E-state index contributed by atoms with van der Waals surface area (Å²) in [4.78, 5) is 12.3. The van der Waals surface area contributed by atoms with Crippen LogP contribution in [-0.4, -0.2) is 26.2 Å². The van der Waals surface area contributed by atoms with Crippen molar-refractivity contribution >= 4 is 5.91 Å². The highest BCUT2D eigenvalue weighted by atomic mass is 16.5. The number of benzene rings is 1. The molecule has 110 valence electrons. The van der Waals surface area contributed by atoms with E-state index in [4.69, 9.17) is 9.47 Å². The maximum absolute atomic E-state index is 12.3. The van der Waals surface area contributed by atoms with Crippen molar-refractivity contribution in [2.45, 2.75) is 38.6 Å². The highest BCUT2D eigenvalue weighted by molar-refractivity contribution is 5.95. The lowest BCUT2D eigenvalue weighted by Crippen LogP contribution is -2.41. The second-order valence-corrected chi connectivity index (χ2v) is 5.41. The van der Waals surface area contributed by atoms with Crippen molar-refractivity contribution in [1.82, 2.24) is 5.32 Å². The summed E-state index contributed by atoms with van der Waals surface area (Å²) in [5.74, 6) is 1.73. The molecule has 4 nitrogen and oxygen atoms in total. The molecule has 0 heterocycles. The summed E-state index contributed by atoms with van der Waals surface area (Å²) in [5, 5.41) is 3.14. The number of amides is 1. The standard InChI is InChI=1S/C16H23NO3/c1-11-6-4-5-7-13(11)17-16(18)12-8-9-14(19-2)15(10-12)20-3/h8-11,13H,4-7H2,1-3H3,(H,17,18)/t11-,13+/m0/s1. The molecule has 0 saturated heterocycles. The van der Waals surface area contributed by atoms with Crippen LogP contribution in [0, 0.1) is 5.92 Å². The van der Waals surface area contributed by atoms with Gasteiger partial charge >= 0.3 is 0 Å². The second-order valence-electron chi connectivity index (χ2n) is 5.41. The van der Waals surface area contributed by atoms with Gasteiger partial charge in [-0.1, -0.05) is 19.8 Å². The van der Waals surface area contributed by atoms with E-state index in [1.165, 1.54) is 19.3 Å². The van der Waals surface area contributed by atoms with Crippen LogP contribution in [0.5, 0.6) is 11.5 Å². The molecule has 1 aromatic rings. The molecule has 1 aliphatic rings. The lowest BCUT2D eigenvalue weighted by molar-refractivity contribution is 0.0910. The Morgan fingerprint density at radius 1 is 1.15 bits per heavy atom. The summed E-state index contributed by atoms with van der Waals surface area (Å²) >= 11 is 0. The van der Waals surface area contributed by atoms with Gasteiger partial charge in [0.05, 0.1) is 14.2 Å². The van der Waals surface area contributed by atoms with Gasteiger partial charge in [0.25, 0.3) is 5.91 Å². The first kappa shape index (κ1) is 14.7. The monoisotopic (exact) mass is 277 g/mol. The van der Waals surface area contributed by atoms with Crippen LogP contribution in [-0.2, 0) is 0 Å². The molecule has 2 rings (SSSR count). The minimum absolute atomic E-state index is 0.0373. The van der Waals surface area contributed by atoms with Gasteiger partial charge in [0, 0.05) is 11.6 Å². The Morgan fingerprint density at radius 3 is 2.50 bits per heavy atom. The molecule has 0 bridgehead atoms. The molecule has 1 aromatic carbocycles. The number of methoxy groups -OCH3 is 2. The highest BCUT2D eigenvalue weighted by Gasteiger charge is 2.23. The van der Waals surface area contributed by atoms with Crippen LogP contribution in [0.3, 0.4) is 0 Å². The topological polar surface area (TPSA) is 47.6 Å². The van der Waals surface area contributed by atoms with Gasteiger partial charge in [-0.05, 0) is 37.0 Å². The minimum Gasteiger partial charge on any atom is -0.493 e. The first-order valence-electron chi connectivity index (χ1n) is 7.18. The van der Waals surface area contributed by atoms with Crippen LogP contribution in [0.2, 0.25) is 0 Å². The molecule has 0 spiro atoms. The molecular formula is C16H23NO3. The fourth-order valence-corrected chi connectivity index (χ4v) is 2.76. The minimum atomic E-state index is -0.0373. The largest absolute Gasteiger partial charge is 0.493 e. The molecule has 0 radical (unpaired) electrons. The Morgan fingerprint density at radius 2 is 1.85 bits per heavy atom. The number of ether oxygens (including phenoxy) is 2. The molecule has 1 fully saturated rings. The Balaban J connectivity index is 2.08. The molecule has 1 aliphatic carbocycles. The van der Waals surface area contributed by atoms with E-state index in [0.717, 1.165) is 6.42 Å². The molecular weight excluding hydrogens is 254 g/mol. The van der Waals surface area contributed by atoms with E-state index in [0.29, 0.717) is 23.0 Å². The number of carbonyl (C=O) groups is 1. The quantitative estimate of drug-likeness (QED) is 0.920. The number of hydrogen-bond donors (Lipinski definition) is 1. The summed E-state index contributed by atoms with van der Waals surface area (Å²) in [6, 6.07) is 5.54. The normalized spacial score (nSPS) is 22.1. The number of rotatable bonds is 4. The Hall–Kier alpha value is -1.71. The first-order valence-corrected chi connectivity index (χ1v) is 7.18. The van der Waals surface area contributed by atoms with Crippen LogP contribution >= 0.6 is 0 Å². The van der Waals surface area contributed by atoms with Crippen LogP contribution < -0.4 is 14.8 Å². The number of nitrogens with one attached hydrogen (secondary N) is 1. The SMILES string of the molecule is COc1ccc(C(=O)N[C@@H]2CCCC[C@@H]2C)cc1OC. The van der Waals surface area contributed by atoms with E-state index in [2.05, 4.69) is 12.2 Å². The third-order valence-electron chi connectivity index (χ3n) is 4.07. The van der Waals surface area contributed by atoms with Crippen molar-refractivity contribution in [2.75, 3.05) is 14.2 Å². The molecule has 1 N–H and O–H groups in total. The lowest BCUT2D eigenvalue weighted by atomic mass is 9.86. The Bertz CT molecular complexity index is 473. The van der Waals surface area contributed by atoms with E-state index in [1.807, 2.05) is 0 Å². The Labute approximate surface area is 120 Å². The Kier molecular flexibility index (Phi) is 4.88. The van der Waals surface area contributed by atoms with Crippen molar-refractivity contribution < 1.29 is 14.3 Å². The molecule has 0 aromatic heterocycles. The number of hydrogen-bond acceptors (Lipinski definition) is 3. The molecule has 4 heteroatoms. The van der Waals surface area contributed by atoms with Gasteiger partial charge in [-0.25, -0.2) is 0 Å². The van der Waals surface area contributed by atoms with Gasteiger partial charge in [-0.3, -0.25) is 4.79 Å². The summed E-state index contributed by atoms with van der Waals surface area (Å²) in [5.41, 5.74) is 0.612. The molecule has 0 aliphatic heterocycles. The van der Waals surface area contributed by atoms with E-state index < -0.39 is 0 Å². The van der Waals surface area contributed by atoms with E-state index in [9.17, 15) is 4.79 Å². The van der Waals surface area contributed by atoms with Crippen molar-refractivity contribution in [2.24, 2.45) is 5.92 Å². The third kappa shape index (κ3) is 3.24. The molecule has 20 heavy (non-hydrogen) atoms. The van der Waals surface area contributed by atoms with Gasteiger partial charge in [0.15, 0.2) is 11.5 Å². The summed E-state index contributed by atoms with van der Waals surface area (Å²) in [6.07, 6.45) is 4.72. The highest BCUT2D eigenvalue weighted by Crippen LogP contribution is 2.28. The second kappa shape index (κ2) is 6.64. The third-order valence-corrected chi connectivity index (χ3v) is 4.07. The van der Waals surface area contributed by atoms with E-state index in [1.54, 1.807) is 32.4 Å². The van der Waals surface area contributed by atoms with Gasteiger partial charge in [-0.15, -0.1) is 0 Å².